The topological polar surface area (TPSA) is 26.0 Å². The van der Waals surface area contributed by atoms with Crippen LogP contribution in [0.1, 0.15) is 0 Å². The molecule has 0 spiro atoms. The van der Waals surface area contributed by atoms with Gasteiger partial charge < -0.3 is 5.73 Å². The SMILES string of the molecule is C=C=C=C(N)[C+]=C=C. The van der Waals surface area contributed by atoms with Crippen molar-refractivity contribution in [3.8, 4) is 0 Å². The molecule has 0 atom stereocenters. The second-order valence-electron chi connectivity index (χ2n) is 1.02. The zero-order valence-corrected chi connectivity index (χ0v) is 4.49. The minimum absolute atomic E-state index is 0.315. The molecule has 0 aliphatic rings. The molecule has 1 heteroatoms. The third-order valence-corrected chi connectivity index (χ3v) is 0.446. The van der Waals surface area contributed by atoms with E-state index in [9.17, 15) is 0 Å². The van der Waals surface area contributed by atoms with Gasteiger partial charge in [-0.3, -0.25) is 0 Å². The van der Waals surface area contributed by atoms with Crippen molar-refractivity contribution in [1.29, 1.82) is 0 Å². The van der Waals surface area contributed by atoms with Crippen molar-refractivity contribution in [1.82, 2.24) is 0 Å². The molecule has 0 amide bonds. The Bertz CT molecular complexity index is 194. The molecule has 0 saturated carbocycles. The summed E-state index contributed by atoms with van der Waals surface area (Å²) < 4.78 is 0. The summed E-state index contributed by atoms with van der Waals surface area (Å²) in [7, 11) is 0. The fourth-order valence-corrected chi connectivity index (χ4v) is 0.222. The smallest absolute Gasteiger partial charge is 0.273 e. The van der Waals surface area contributed by atoms with E-state index in [1.807, 2.05) is 0 Å². The van der Waals surface area contributed by atoms with Gasteiger partial charge in [0.1, 0.15) is 11.8 Å². The first kappa shape index (κ1) is 6.53. The fourth-order valence-electron chi connectivity index (χ4n) is 0.222. The Morgan fingerprint density at radius 1 is 1.50 bits per heavy atom. The van der Waals surface area contributed by atoms with Crippen LogP contribution in [-0.2, 0) is 0 Å². The van der Waals surface area contributed by atoms with Crippen LogP contribution in [-0.4, -0.2) is 0 Å². The van der Waals surface area contributed by atoms with Gasteiger partial charge in [0.05, 0.1) is 5.73 Å². The summed E-state index contributed by atoms with van der Waals surface area (Å²) in [4.78, 5) is 0. The average Bonchev–Trinajstić information content (AvgIpc) is 1.68. The maximum atomic E-state index is 5.18. The van der Waals surface area contributed by atoms with Gasteiger partial charge in [0.2, 0.25) is 0 Å². The molecule has 38 valence electrons. The van der Waals surface area contributed by atoms with Gasteiger partial charge in [-0.2, -0.15) is 0 Å². The Hall–Kier alpha value is -1.47. The predicted molar refractivity (Wildman–Crippen MR) is 32.7 cm³/mol. The summed E-state index contributed by atoms with van der Waals surface area (Å²) in [5, 5.41) is 0. The van der Waals surface area contributed by atoms with Crippen molar-refractivity contribution >= 4 is 0 Å². The number of rotatable bonds is 1. The number of nitrogens with two attached hydrogens (primary N) is 1. The lowest BCUT2D eigenvalue weighted by Gasteiger charge is -1.61. The molecule has 1 nitrogen and oxygen atoms in total. The lowest BCUT2D eigenvalue weighted by atomic mass is 10.4. The Labute approximate surface area is 48.8 Å². The van der Waals surface area contributed by atoms with Crippen molar-refractivity contribution in [2.45, 2.75) is 0 Å². The molecule has 0 aliphatic heterocycles. The summed E-state index contributed by atoms with van der Waals surface area (Å²) in [6.07, 6.45) is 2.47. The van der Waals surface area contributed by atoms with E-state index >= 15 is 0 Å². The van der Waals surface area contributed by atoms with Crippen LogP contribution in [0, 0.1) is 6.08 Å². The first-order valence-corrected chi connectivity index (χ1v) is 2.00. The van der Waals surface area contributed by atoms with E-state index in [-0.39, 0.29) is 0 Å². The standard InChI is InChI=1S/C7H6N/c1-3-5-7(8)6-4-2/h1-2,8H2/q+1. The van der Waals surface area contributed by atoms with Gasteiger partial charge in [-0.15, -0.1) is 0 Å². The highest BCUT2D eigenvalue weighted by molar-refractivity contribution is 5.05. The highest BCUT2D eigenvalue weighted by Gasteiger charge is 1.83. The summed E-state index contributed by atoms with van der Waals surface area (Å²) >= 11 is 0. The molecule has 8 heavy (non-hydrogen) atoms. The molecule has 0 aromatic heterocycles. The van der Waals surface area contributed by atoms with E-state index in [0.717, 1.165) is 0 Å². The molecule has 0 unspecified atom stereocenters. The minimum atomic E-state index is 0.315. The van der Waals surface area contributed by atoms with Gasteiger partial charge in [0, 0.05) is 12.3 Å². The zero-order chi connectivity index (χ0) is 6.41. The van der Waals surface area contributed by atoms with Crippen LogP contribution in [0.4, 0.5) is 0 Å². The van der Waals surface area contributed by atoms with Crippen molar-refractivity contribution in [3.05, 3.63) is 42.1 Å². The van der Waals surface area contributed by atoms with Gasteiger partial charge in [-0.1, -0.05) is 0 Å². The zero-order valence-electron chi connectivity index (χ0n) is 4.49. The highest BCUT2D eigenvalue weighted by atomic mass is 14.5. The molecule has 0 saturated heterocycles. The maximum Gasteiger partial charge on any atom is 0.273 e. The van der Waals surface area contributed by atoms with Gasteiger partial charge in [-0.05, 0) is 6.58 Å². The normalized spacial score (nSPS) is 5.00. The molecule has 0 bridgehead atoms. The van der Waals surface area contributed by atoms with Crippen molar-refractivity contribution in [2.24, 2.45) is 5.73 Å². The molecule has 0 fully saturated rings. The number of hydrogen-bond acceptors (Lipinski definition) is 1. The van der Waals surface area contributed by atoms with Gasteiger partial charge >= 0.3 is 0 Å². The summed E-state index contributed by atoms with van der Waals surface area (Å²) in [5.74, 6) is 0. The van der Waals surface area contributed by atoms with E-state index < -0.39 is 0 Å². The molecular formula is C7H6N+. The van der Waals surface area contributed by atoms with Crippen LogP contribution in [0.5, 0.6) is 0 Å². The van der Waals surface area contributed by atoms with E-state index in [4.69, 9.17) is 5.73 Å². The highest BCUT2D eigenvalue weighted by Crippen LogP contribution is 1.74. The average molecular weight is 104 g/mol. The van der Waals surface area contributed by atoms with Gasteiger partial charge in [0.15, 0.2) is 0 Å². The van der Waals surface area contributed by atoms with E-state index in [0.29, 0.717) is 5.70 Å². The molecule has 0 heterocycles. The van der Waals surface area contributed by atoms with Crippen LogP contribution in [0.2, 0.25) is 0 Å². The molecule has 0 rings (SSSR count). The molecule has 0 radical (unpaired) electrons. The van der Waals surface area contributed by atoms with Crippen LogP contribution in [0.15, 0.2) is 36.0 Å². The Morgan fingerprint density at radius 3 is 2.50 bits per heavy atom. The van der Waals surface area contributed by atoms with Crippen molar-refractivity contribution in [3.63, 3.8) is 0 Å². The summed E-state index contributed by atoms with van der Waals surface area (Å²) in [6.45, 7) is 6.52. The lowest BCUT2D eigenvalue weighted by Crippen LogP contribution is -1.88. The van der Waals surface area contributed by atoms with E-state index in [1.165, 1.54) is 0 Å². The van der Waals surface area contributed by atoms with Crippen LogP contribution >= 0.6 is 0 Å². The van der Waals surface area contributed by atoms with E-state index in [1.54, 1.807) is 0 Å². The predicted octanol–water partition coefficient (Wildman–Crippen LogP) is 0.913. The largest absolute Gasteiger partial charge is 0.361 e. The Kier molecular flexibility index (Phi) is 3.03. The Morgan fingerprint density at radius 2 is 2.12 bits per heavy atom. The van der Waals surface area contributed by atoms with Gasteiger partial charge in [0.25, 0.3) is 5.70 Å². The van der Waals surface area contributed by atoms with Crippen LogP contribution in [0.3, 0.4) is 0 Å². The first-order chi connectivity index (χ1) is 3.81. The van der Waals surface area contributed by atoms with Crippen molar-refractivity contribution < 1.29 is 0 Å². The third-order valence-electron chi connectivity index (χ3n) is 0.446. The molecular weight excluding hydrogens is 98.1 g/mol. The van der Waals surface area contributed by atoms with Crippen LogP contribution in [0.25, 0.3) is 0 Å². The van der Waals surface area contributed by atoms with Crippen molar-refractivity contribution in [2.75, 3.05) is 0 Å². The minimum Gasteiger partial charge on any atom is -0.361 e. The molecule has 0 aromatic rings. The maximum absolute atomic E-state index is 5.18. The second-order valence-corrected chi connectivity index (χ2v) is 1.02. The second kappa shape index (κ2) is 3.71. The quantitative estimate of drug-likeness (QED) is 0.299. The number of hydrogen-bond donors (Lipinski definition) is 1. The molecule has 0 aliphatic carbocycles. The fraction of sp³-hybridized carbons (Fsp3) is 0. The van der Waals surface area contributed by atoms with Gasteiger partial charge in [-0.25, -0.2) is 0 Å². The Balaban J connectivity index is 4.48. The molecule has 0 aromatic carbocycles. The van der Waals surface area contributed by atoms with E-state index in [2.05, 4.69) is 36.4 Å². The third kappa shape index (κ3) is 2.75. The number of allylic oxidation sites excluding steroid dienone is 1. The van der Waals surface area contributed by atoms with Crippen LogP contribution < -0.4 is 5.73 Å². The summed E-state index contributed by atoms with van der Waals surface area (Å²) in [5.41, 5.74) is 12.7. The lowest BCUT2D eigenvalue weighted by molar-refractivity contribution is 1.42. The monoisotopic (exact) mass is 104 g/mol. The first-order valence-electron chi connectivity index (χ1n) is 2.00. The molecule has 2 N–H and O–H groups in total. The summed E-state index contributed by atoms with van der Waals surface area (Å²) in [6, 6.07) is 0.